The van der Waals surface area contributed by atoms with Crippen molar-refractivity contribution in [2.24, 2.45) is 0 Å². The number of piperazine rings is 1. The van der Waals surface area contributed by atoms with Crippen LogP contribution in [0.3, 0.4) is 0 Å². The molecule has 0 bridgehead atoms. The van der Waals surface area contributed by atoms with Crippen molar-refractivity contribution in [1.29, 1.82) is 0 Å². The average molecular weight is 423 g/mol. The maximum Gasteiger partial charge on any atom is 0.253 e. The van der Waals surface area contributed by atoms with Crippen molar-refractivity contribution in [3.63, 3.8) is 0 Å². The Bertz CT molecular complexity index is 1360. The monoisotopic (exact) mass is 423 g/mol. The number of aromatic amines is 2. The molecule has 3 aromatic heterocycles. The van der Waals surface area contributed by atoms with E-state index >= 15 is 0 Å². The second-order valence-electron chi connectivity index (χ2n) is 7.55. The van der Waals surface area contributed by atoms with E-state index in [1.807, 2.05) is 31.3 Å². The number of nitrogens with zero attached hydrogens (tertiary/aromatic N) is 3. The summed E-state index contributed by atoms with van der Waals surface area (Å²) in [6.45, 7) is 2.76. The van der Waals surface area contributed by atoms with Crippen molar-refractivity contribution >= 4 is 37.9 Å². The van der Waals surface area contributed by atoms with E-state index in [9.17, 15) is 13.2 Å². The van der Waals surface area contributed by atoms with E-state index in [1.54, 1.807) is 29.3 Å². The first kappa shape index (κ1) is 18.8. The van der Waals surface area contributed by atoms with Crippen LogP contribution in [0.2, 0.25) is 0 Å². The van der Waals surface area contributed by atoms with Crippen LogP contribution in [0.1, 0.15) is 17.3 Å². The molecule has 9 heteroatoms. The molecule has 1 aliphatic heterocycles. The average Bonchev–Trinajstić information content (AvgIpc) is 3.39. The van der Waals surface area contributed by atoms with Gasteiger partial charge in [0.05, 0.1) is 0 Å². The zero-order valence-electron chi connectivity index (χ0n) is 16.4. The van der Waals surface area contributed by atoms with E-state index in [0.717, 1.165) is 10.9 Å². The predicted molar refractivity (Wildman–Crippen MR) is 114 cm³/mol. The first-order valence-electron chi connectivity index (χ1n) is 9.75. The Balaban J connectivity index is 1.38. The molecule has 1 aromatic carbocycles. The summed E-state index contributed by atoms with van der Waals surface area (Å²) in [7, 11) is -3.71. The predicted octanol–water partition coefficient (Wildman–Crippen LogP) is 2.58. The minimum Gasteiger partial charge on any atom is -0.361 e. The van der Waals surface area contributed by atoms with Crippen LogP contribution in [0.4, 0.5) is 0 Å². The topological polar surface area (TPSA) is 102 Å². The molecular weight excluding hydrogens is 402 g/mol. The summed E-state index contributed by atoms with van der Waals surface area (Å²) in [5.74, 6) is -0.0849. The molecule has 8 nitrogen and oxygen atoms in total. The summed E-state index contributed by atoms with van der Waals surface area (Å²) in [5, 5.41) is 1.55. The van der Waals surface area contributed by atoms with Crippen LogP contribution in [-0.2, 0) is 10.0 Å². The van der Waals surface area contributed by atoms with E-state index in [1.165, 1.54) is 10.5 Å². The maximum atomic E-state index is 13.3. The SMILES string of the molecule is C[C@@H]1CN(C(=O)c2ccc3[nH]ccc3c2)CCN1S(=O)(=O)c1c[nH]c2ncccc12. The van der Waals surface area contributed by atoms with Crippen molar-refractivity contribution in [1.82, 2.24) is 24.2 Å². The summed E-state index contributed by atoms with van der Waals surface area (Å²) in [6, 6.07) is 10.6. The summed E-state index contributed by atoms with van der Waals surface area (Å²) in [5.41, 5.74) is 2.12. The molecule has 1 aliphatic rings. The van der Waals surface area contributed by atoms with Gasteiger partial charge in [-0.05, 0) is 43.3 Å². The van der Waals surface area contributed by atoms with Crippen LogP contribution in [0.5, 0.6) is 0 Å². The molecule has 1 saturated heterocycles. The molecular formula is C21H21N5O3S. The lowest BCUT2D eigenvalue weighted by atomic mass is 10.1. The van der Waals surface area contributed by atoms with Gasteiger partial charge in [0.1, 0.15) is 10.5 Å². The molecule has 1 fully saturated rings. The molecule has 0 aliphatic carbocycles. The number of carbonyl (C=O) groups is 1. The van der Waals surface area contributed by atoms with Gasteiger partial charge in [-0.15, -0.1) is 0 Å². The molecule has 0 spiro atoms. The minimum absolute atomic E-state index is 0.0849. The smallest absolute Gasteiger partial charge is 0.253 e. The fourth-order valence-corrected chi connectivity index (χ4v) is 5.89. The number of carbonyl (C=O) groups excluding carboxylic acids is 1. The lowest BCUT2D eigenvalue weighted by Crippen LogP contribution is -2.55. The molecule has 30 heavy (non-hydrogen) atoms. The van der Waals surface area contributed by atoms with Crippen molar-refractivity contribution in [3.8, 4) is 0 Å². The molecule has 1 amide bonds. The number of nitrogens with one attached hydrogen (secondary N) is 2. The zero-order valence-corrected chi connectivity index (χ0v) is 17.2. The number of fused-ring (bicyclic) bond motifs is 2. The van der Waals surface area contributed by atoms with E-state index in [0.29, 0.717) is 29.7 Å². The standard InChI is InChI=1S/C21H21N5O3S/c1-14-13-25(21(27)16-4-5-18-15(11-16)6-8-22-18)9-10-26(14)30(28,29)19-12-24-20-17(19)3-2-7-23-20/h2-8,11-12,14,22H,9-10,13H2,1H3,(H,23,24)/t14-/m1/s1. The third-order valence-electron chi connectivity index (χ3n) is 5.65. The van der Waals surface area contributed by atoms with Gasteiger partial charge in [0, 0.05) is 66.1 Å². The van der Waals surface area contributed by atoms with E-state index in [4.69, 9.17) is 0 Å². The molecule has 0 unspecified atom stereocenters. The molecule has 4 aromatic rings. The third-order valence-corrected chi connectivity index (χ3v) is 7.71. The number of H-pyrrole nitrogens is 2. The minimum atomic E-state index is -3.71. The van der Waals surface area contributed by atoms with Gasteiger partial charge >= 0.3 is 0 Å². The normalized spacial score (nSPS) is 18.3. The highest BCUT2D eigenvalue weighted by molar-refractivity contribution is 7.89. The van der Waals surface area contributed by atoms with Gasteiger partial charge in [0.2, 0.25) is 10.0 Å². The highest BCUT2D eigenvalue weighted by atomic mass is 32.2. The van der Waals surface area contributed by atoms with Gasteiger partial charge in [0.15, 0.2) is 0 Å². The number of rotatable bonds is 3. The molecule has 2 N–H and O–H groups in total. The van der Waals surface area contributed by atoms with Crippen LogP contribution in [0.15, 0.2) is 59.9 Å². The first-order chi connectivity index (χ1) is 14.4. The van der Waals surface area contributed by atoms with Gasteiger partial charge in [-0.1, -0.05) is 0 Å². The fraction of sp³-hybridized carbons (Fsp3) is 0.238. The van der Waals surface area contributed by atoms with Crippen molar-refractivity contribution in [2.75, 3.05) is 19.6 Å². The summed E-state index contributed by atoms with van der Waals surface area (Å²) >= 11 is 0. The number of amides is 1. The van der Waals surface area contributed by atoms with E-state index in [-0.39, 0.29) is 23.4 Å². The molecule has 0 radical (unpaired) electrons. The van der Waals surface area contributed by atoms with E-state index in [2.05, 4.69) is 15.0 Å². The number of hydrogen-bond donors (Lipinski definition) is 2. The number of hydrogen-bond acceptors (Lipinski definition) is 4. The summed E-state index contributed by atoms with van der Waals surface area (Å²) in [6.07, 6.45) is 4.95. The Morgan fingerprint density at radius 2 is 2.03 bits per heavy atom. The largest absolute Gasteiger partial charge is 0.361 e. The number of benzene rings is 1. The van der Waals surface area contributed by atoms with Gasteiger partial charge < -0.3 is 14.9 Å². The van der Waals surface area contributed by atoms with Gasteiger partial charge in [-0.25, -0.2) is 13.4 Å². The van der Waals surface area contributed by atoms with Gasteiger partial charge in [-0.2, -0.15) is 4.31 Å². The molecule has 154 valence electrons. The Morgan fingerprint density at radius 3 is 2.87 bits per heavy atom. The molecule has 4 heterocycles. The zero-order chi connectivity index (χ0) is 20.9. The molecule has 5 rings (SSSR count). The van der Waals surface area contributed by atoms with Gasteiger partial charge in [-0.3, -0.25) is 4.79 Å². The second-order valence-corrected chi connectivity index (χ2v) is 9.41. The number of aromatic nitrogens is 3. The van der Waals surface area contributed by atoms with Gasteiger partial charge in [0.25, 0.3) is 5.91 Å². The maximum absolute atomic E-state index is 13.3. The molecule has 0 saturated carbocycles. The van der Waals surface area contributed by atoms with Crippen molar-refractivity contribution in [3.05, 3.63) is 60.6 Å². The number of sulfonamides is 1. The van der Waals surface area contributed by atoms with Crippen LogP contribution in [0, 0.1) is 0 Å². The van der Waals surface area contributed by atoms with Crippen molar-refractivity contribution in [2.45, 2.75) is 17.9 Å². The Hall–Kier alpha value is -3.17. The van der Waals surface area contributed by atoms with E-state index < -0.39 is 10.0 Å². The lowest BCUT2D eigenvalue weighted by molar-refractivity contribution is 0.0642. The fourth-order valence-electron chi connectivity index (χ4n) is 4.12. The summed E-state index contributed by atoms with van der Waals surface area (Å²) < 4.78 is 28.1. The van der Waals surface area contributed by atoms with Crippen LogP contribution in [0.25, 0.3) is 21.9 Å². The second kappa shape index (κ2) is 6.96. The number of pyridine rings is 1. The Kier molecular flexibility index (Phi) is 4.37. The van der Waals surface area contributed by atoms with Crippen molar-refractivity contribution < 1.29 is 13.2 Å². The summed E-state index contributed by atoms with van der Waals surface area (Å²) in [4.78, 5) is 25.2. The third kappa shape index (κ3) is 2.98. The lowest BCUT2D eigenvalue weighted by Gasteiger charge is -2.38. The highest BCUT2D eigenvalue weighted by Crippen LogP contribution is 2.27. The highest BCUT2D eigenvalue weighted by Gasteiger charge is 2.36. The first-order valence-corrected chi connectivity index (χ1v) is 11.2. The Morgan fingerprint density at radius 1 is 1.17 bits per heavy atom. The quantitative estimate of drug-likeness (QED) is 0.529. The molecule has 1 atom stereocenters. The van der Waals surface area contributed by atoms with Crippen LogP contribution in [-0.4, -0.2) is 64.2 Å². The Labute approximate surface area is 173 Å². The van der Waals surface area contributed by atoms with Crippen LogP contribution < -0.4 is 0 Å². The van der Waals surface area contributed by atoms with Crippen LogP contribution >= 0.6 is 0 Å².